The lowest BCUT2D eigenvalue weighted by Crippen LogP contribution is -2.63. The molecular weight excluding hydrogens is 329 g/mol. The molecule has 0 spiro atoms. The van der Waals surface area contributed by atoms with Gasteiger partial charge in [0.25, 0.3) is 0 Å². The van der Waals surface area contributed by atoms with Gasteiger partial charge in [0.1, 0.15) is 6.04 Å². The van der Waals surface area contributed by atoms with E-state index in [1.54, 1.807) is 24.3 Å². The van der Waals surface area contributed by atoms with Crippen LogP contribution < -0.4 is 10.6 Å². The molecule has 3 nitrogen and oxygen atoms in total. The minimum absolute atomic E-state index is 0.163. The molecule has 1 amide bonds. The Bertz CT molecular complexity index is 763. The monoisotopic (exact) mass is 340 g/mol. The van der Waals surface area contributed by atoms with Gasteiger partial charge in [-0.25, -0.2) is 0 Å². The molecule has 2 atom stereocenters. The molecule has 1 fully saturated rings. The molecule has 0 aromatic heterocycles. The van der Waals surface area contributed by atoms with Gasteiger partial charge in [0.2, 0.25) is 5.91 Å². The molecule has 23 heavy (non-hydrogen) atoms. The van der Waals surface area contributed by atoms with Gasteiger partial charge in [-0.05, 0) is 35.9 Å². The summed E-state index contributed by atoms with van der Waals surface area (Å²) in [5.41, 5.74) is 5.88. The molecule has 1 heterocycles. The molecule has 2 aromatic carbocycles. The maximum Gasteiger partial charge on any atom is 0.416 e. The van der Waals surface area contributed by atoms with E-state index >= 15 is 0 Å². The quantitative estimate of drug-likeness (QED) is 0.846. The van der Waals surface area contributed by atoms with Gasteiger partial charge in [-0.15, -0.1) is 0 Å². The van der Waals surface area contributed by atoms with Gasteiger partial charge in [0.05, 0.1) is 11.6 Å². The van der Waals surface area contributed by atoms with Gasteiger partial charge in [-0.3, -0.25) is 4.79 Å². The smallest absolute Gasteiger partial charge is 0.318 e. The van der Waals surface area contributed by atoms with Crippen LogP contribution in [0.4, 0.5) is 18.9 Å². The highest BCUT2D eigenvalue weighted by Crippen LogP contribution is 2.40. The van der Waals surface area contributed by atoms with Crippen molar-refractivity contribution >= 4 is 23.2 Å². The summed E-state index contributed by atoms with van der Waals surface area (Å²) in [6.07, 6.45) is -4.47. The van der Waals surface area contributed by atoms with E-state index in [4.69, 9.17) is 17.3 Å². The van der Waals surface area contributed by atoms with Gasteiger partial charge in [-0.1, -0.05) is 29.8 Å². The standard InChI is InChI=1S/C16H12ClF3N2O/c17-11-5-1-3-9(7-11)14-13(21)15(23)22(14)12-6-2-4-10(8-12)16(18,19)20/h1-8,13-14H,21H2. The summed E-state index contributed by atoms with van der Waals surface area (Å²) in [6.45, 7) is 0. The average molecular weight is 341 g/mol. The van der Waals surface area contributed by atoms with Crippen LogP contribution in [0.2, 0.25) is 5.02 Å². The molecule has 120 valence electrons. The van der Waals surface area contributed by atoms with Crippen molar-refractivity contribution in [2.24, 2.45) is 5.73 Å². The van der Waals surface area contributed by atoms with Crippen molar-refractivity contribution in [1.29, 1.82) is 0 Å². The van der Waals surface area contributed by atoms with E-state index in [9.17, 15) is 18.0 Å². The second kappa shape index (κ2) is 5.54. The largest absolute Gasteiger partial charge is 0.416 e. The van der Waals surface area contributed by atoms with Crippen molar-refractivity contribution < 1.29 is 18.0 Å². The van der Waals surface area contributed by atoms with Gasteiger partial charge in [0.15, 0.2) is 0 Å². The Hall–Kier alpha value is -2.05. The second-order valence-corrected chi connectivity index (χ2v) is 5.72. The molecule has 2 unspecified atom stereocenters. The molecule has 0 bridgehead atoms. The zero-order chi connectivity index (χ0) is 16.8. The lowest BCUT2D eigenvalue weighted by atomic mass is 9.88. The molecule has 2 aromatic rings. The van der Waals surface area contributed by atoms with E-state index < -0.39 is 29.7 Å². The van der Waals surface area contributed by atoms with E-state index in [2.05, 4.69) is 0 Å². The topological polar surface area (TPSA) is 46.3 Å². The number of anilines is 1. The van der Waals surface area contributed by atoms with Crippen LogP contribution in [0.25, 0.3) is 0 Å². The summed E-state index contributed by atoms with van der Waals surface area (Å²) in [4.78, 5) is 13.3. The SMILES string of the molecule is NC1C(=O)N(c2cccc(C(F)(F)F)c2)C1c1cccc(Cl)c1. The Balaban J connectivity index is 2.00. The third-order valence-corrected chi connectivity index (χ3v) is 4.02. The number of benzene rings is 2. The van der Waals surface area contributed by atoms with Crippen molar-refractivity contribution in [3.05, 3.63) is 64.7 Å². The molecule has 2 N–H and O–H groups in total. The fourth-order valence-corrected chi connectivity index (χ4v) is 2.88. The minimum Gasteiger partial charge on any atom is -0.318 e. The van der Waals surface area contributed by atoms with Crippen molar-refractivity contribution in [3.8, 4) is 0 Å². The number of carbonyl (C=O) groups is 1. The van der Waals surface area contributed by atoms with Crippen LogP contribution in [0.15, 0.2) is 48.5 Å². The lowest BCUT2D eigenvalue weighted by molar-refractivity contribution is -0.137. The van der Waals surface area contributed by atoms with Crippen LogP contribution in [-0.2, 0) is 11.0 Å². The fourth-order valence-electron chi connectivity index (χ4n) is 2.68. The highest BCUT2D eigenvalue weighted by Gasteiger charge is 2.47. The van der Waals surface area contributed by atoms with Gasteiger partial charge < -0.3 is 10.6 Å². The first-order valence-corrected chi connectivity index (χ1v) is 7.18. The summed E-state index contributed by atoms with van der Waals surface area (Å²) in [5.74, 6) is -0.422. The van der Waals surface area contributed by atoms with Crippen LogP contribution in [0, 0.1) is 0 Å². The molecular formula is C16H12ClF3N2O. The summed E-state index contributed by atoms with van der Waals surface area (Å²) >= 11 is 5.94. The van der Waals surface area contributed by atoms with E-state index in [-0.39, 0.29) is 5.69 Å². The molecule has 1 aliphatic rings. The molecule has 3 rings (SSSR count). The highest BCUT2D eigenvalue weighted by molar-refractivity contribution is 6.30. The Morgan fingerprint density at radius 2 is 1.78 bits per heavy atom. The van der Waals surface area contributed by atoms with Crippen LogP contribution in [0.5, 0.6) is 0 Å². The minimum atomic E-state index is -4.47. The van der Waals surface area contributed by atoms with E-state index in [1.165, 1.54) is 17.0 Å². The molecule has 0 radical (unpaired) electrons. The van der Waals surface area contributed by atoms with Crippen molar-refractivity contribution in [2.75, 3.05) is 4.90 Å². The number of nitrogens with zero attached hydrogens (tertiary/aromatic N) is 1. The Morgan fingerprint density at radius 3 is 2.43 bits per heavy atom. The van der Waals surface area contributed by atoms with Gasteiger partial charge >= 0.3 is 6.18 Å². The number of nitrogens with two attached hydrogens (primary N) is 1. The first-order chi connectivity index (χ1) is 10.8. The lowest BCUT2D eigenvalue weighted by Gasteiger charge is -2.45. The molecule has 1 saturated heterocycles. The first-order valence-electron chi connectivity index (χ1n) is 6.80. The molecule has 0 aliphatic carbocycles. The van der Waals surface area contributed by atoms with Crippen molar-refractivity contribution in [2.45, 2.75) is 18.3 Å². The van der Waals surface area contributed by atoms with Crippen molar-refractivity contribution in [3.63, 3.8) is 0 Å². The third kappa shape index (κ3) is 2.80. The fraction of sp³-hybridized carbons (Fsp3) is 0.188. The normalized spacial score (nSPS) is 21.3. The Labute approximate surface area is 135 Å². The average Bonchev–Trinajstić information content (AvgIpc) is 2.50. The van der Waals surface area contributed by atoms with E-state index in [1.807, 2.05) is 0 Å². The van der Waals surface area contributed by atoms with Crippen LogP contribution in [0.1, 0.15) is 17.2 Å². The molecule has 0 saturated carbocycles. The van der Waals surface area contributed by atoms with Gasteiger partial charge in [0, 0.05) is 10.7 Å². The zero-order valence-corrected chi connectivity index (χ0v) is 12.5. The summed E-state index contributed by atoms with van der Waals surface area (Å²) < 4.78 is 38.6. The van der Waals surface area contributed by atoms with E-state index in [0.717, 1.165) is 12.1 Å². The molecule has 1 aliphatic heterocycles. The Morgan fingerprint density at radius 1 is 1.09 bits per heavy atom. The predicted octanol–water partition coefficient (Wildman–Crippen LogP) is 3.77. The summed E-state index contributed by atoms with van der Waals surface area (Å²) in [6, 6.07) is 10.1. The van der Waals surface area contributed by atoms with Gasteiger partial charge in [-0.2, -0.15) is 13.2 Å². The number of rotatable bonds is 2. The van der Waals surface area contributed by atoms with Crippen LogP contribution in [-0.4, -0.2) is 11.9 Å². The highest BCUT2D eigenvalue weighted by atomic mass is 35.5. The number of amides is 1. The first kappa shape index (κ1) is 15.8. The number of alkyl halides is 3. The number of halogens is 4. The summed E-state index contributed by atoms with van der Waals surface area (Å²) in [7, 11) is 0. The van der Waals surface area contributed by atoms with Crippen molar-refractivity contribution in [1.82, 2.24) is 0 Å². The maximum absolute atomic E-state index is 12.9. The number of β-lactam (4-membered cyclic amide) rings is 1. The third-order valence-electron chi connectivity index (χ3n) is 3.78. The van der Waals surface area contributed by atoms with Crippen LogP contribution in [0.3, 0.4) is 0 Å². The second-order valence-electron chi connectivity index (χ2n) is 5.28. The van der Waals surface area contributed by atoms with E-state index in [0.29, 0.717) is 10.6 Å². The number of hydrogen-bond donors (Lipinski definition) is 1. The predicted molar refractivity (Wildman–Crippen MR) is 81.1 cm³/mol. The molecule has 7 heteroatoms. The summed E-state index contributed by atoms with van der Waals surface area (Å²) in [5, 5.41) is 0.470. The number of carbonyl (C=O) groups excluding carboxylic acids is 1. The zero-order valence-electron chi connectivity index (χ0n) is 11.7. The van der Waals surface area contributed by atoms with Crippen LogP contribution >= 0.6 is 11.6 Å². The maximum atomic E-state index is 12.9. The Kier molecular flexibility index (Phi) is 3.82. The number of hydrogen-bond acceptors (Lipinski definition) is 2.